The normalized spacial score (nSPS) is 22.9. The topological polar surface area (TPSA) is 98.8 Å². The van der Waals surface area contributed by atoms with Gasteiger partial charge in [0.05, 0.1) is 27.5 Å². The summed E-state index contributed by atoms with van der Waals surface area (Å²) in [7, 11) is 4.59. The number of carbonyl (C=O) groups excluding carboxylic acids is 1. The number of nitrogens with one attached hydrogen (secondary N) is 1. The van der Waals surface area contributed by atoms with E-state index in [1.807, 2.05) is 0 Å². The van der Waals surface area contributed by atoms with Crippen LogP contribution in [0.25, 0.3) is 32.1 Å². The van der Waals surface area contributed by atoms with Gasteiger partial charge < -0.3 is 25.7 Å². The fourth-order valence-electron chi connectivity index (χ4n) is 7.80. The number of likely N-dealkylation sites (N-methyl/N-ethyl adjacent to an activating group) is 1. The maximum Gasteiger partial charge on any atom is 0.417 e. The van der Waals surface area contributed by atoms with Crippen LogP contribution in [-0.4, -0.2) is 84.0 Å². The lowest BCUT2D eigenvalue weighted by atomic mass is 9.92. The summed E-state index contributed by atoms with van der Waals surface area (Å²) in [6.07, 6.45) is -0.855. The van der Waals surface area contributed by atoms with Crippen LogP contribution in [0.15, 0.2) is 30.3 Å². The van der Waals surface area contributed by atoms with E-state index in [2.05, 4.69) is 19.1 Å². The van der Waals surface area contributed by atoms with Crippen molar-refractivity contribution >= 4 is 64.5 Å². The molecule has 4 heterocycles. The summed E-state index contributed by atoms with van der Waals surface area (Å²) in [6, 6.07) is 5.79. The number of anilines is 2. The number of halogens is 5. The molecule has 4 unspecified atom stereocenters. The number of ether oxygens (including phenoxy) is 1. The fraction of sp³-hybridized carbons (Fsp3) is 0.424. The highest BCUT2D eigenvalue weighted by Crippen LogP contribution is 2.48. The summed E-state index contributed by atoms with van der Waals surface area (Å²) in [4.78, 5) is 22.0. The first-order valence-corrected chi connectivity index (χ1v) is 17.2. The number of benzene rings is 3. The largest absolute Gasteiger partial charge is 0.492 e. The van der Waals surface area contributed by atoms with Crippen molar-refractivity contribution in [1.82, 2.24) is 14.8 Å². The van der Waals surface area contributed by atoms with E-state index in [4.69, 9.17) is 15.9 Å². The number of thiazole rings is 1. The van der Waals surface area contributed by atoms with E-state index >= 15 is 4.39 Å². The molecule has 0 bridgehead atoms. The Morgan fingerprint density at radius 1 is 1.23 bits per heavy atom. The molecule has 15 heteroatoms. The third-order valence-electron chi connectivity index (χ3n) is 10.1. The standard InChI is InChI=1S/C33H34F5N6O2PS/c1-42(17-5-8-43(14-17)26(45)13-39)25-10-18(46-16-32-6-2-7-44(32)15-19(47)12-32)9-22-21(25)11-23(33(36,37)38)27(28(22)35)20-3-4-24(34)30-29(20)41-31(40)48-30/h3-4,9-11,13,17,19,39H,2,5-8,12,14-16,47H2,1H3,(H2,40,41). The molecule has 0 spiro atoms. The van der Waals surface area contributed by atoms with Crippen LogP contribution in [0, 0.1) is 17.0 Å². The predicted molar refractivity (Wildman–Crippen MR) is 181 cm³/mol. The van der Waals surface area contributed by atoms with Crippen LogP contribution in [0.5, 0.6) is 5.75 Å². The minimum Gasteiger partial charge on any atom is -0.492 e. The minimum atomic E-state index is -4.99. The highest BCUT2D eigenvalue weighted by atomic mass is 32.1. The molecule has 0 saturated carbocycles. The van der Waals surface area contributed by atoms with E-state index in [1.165, 1.54) is 11.0 Å². The number of fused-ring (bicyclic) bond motifs is 3. The van der Waals surface area contributed by atoms with Gasteiger partial charge in [0, 0.05) is 66.4 Å². The van der Waals surface area contributed by atoms with Crippen LogP contribution in [0.2, 0.25) is 0 Å². The molecule has 48 heavy (non-hydrogen) atoms. The average Bonchev–Trinajstić information content (AvgIpc) is 3.82. The smallest absolute Gasteiger partial charge is 0.417 e. The zero-order valence-electron chi connectivity index (χ0n) is 26.0. The van der Waals surface area contributed by atoms with E-state index in [1.54, 1.807) is 18.0 Å². The second kappa shape index (κ2) is 12.1. The molecule has 3 fully saturated rings. The number of aromatic nitrogens is 1. The Hall–Kier alpha value is -3.61. The summed E-state index contributed by atoms with van der Waals surface area (Å²) in [5.74, 6) is -2.02. The number of hydrogen-bond donors (Lipinski definition) is 2. The van der Waals surface area contributed by atoms with Crippen LogP contribution in [0.3, 0.4) is 0 Å². The van der Waals surface area contributed by atoms with Gasteiger partial charge in [0.25, 0.3) is 5.91 Å². The summed E-state index contributed by atoms with van der Waals surface area (Å²) in [5.41, 5.74) is 4.01. The maximum atomic E-state index is 17.0. The number of carbonyl (C=O) groups is 1. The Labute approximate surface area is 279 Å². The maximum absolute atomic E-state index is 17.0. The number of likely N-dealkylation sites (tertiary alicyclic amines) is 1. The molecule has 8 nitrogen and oxygen atoms in total. The number of nitrogen functional groups attached to an aromatic ring is 1. The zero-order valence-corrected chi connectivity index (χ0v) is 28.0. The van der Waals surface area contributed by atoms with Crippen LogP contribution >= 0.6 is 20.6 Å². The predicted octanol–water partition coefficient (Wildman–Crippen LogP) is 6.54. The molecular formula is C33H34F5N6O2PS. The third kappa shape index (κ3) is 5.55. The van der Waals surface area contributed by atoms with Gasteiger partial charge in [-0.05, 0) is 62.2 Å². The number of alkyl halides is 3. The monoisotopic (exact) mass is 704 g/mol. The zero-order chi connectivity index (χ0) is 34.1. The lowest BCUT2D eigenvalue weighted by Crippen LogP contribution is -2.43. The molecule has 0 radical (unpaired) electrons. The van der Waals surface area contributed by atoms with E-state index in [-0.39, 0.29) is 49.8 Å². The molecule has 3 aliphatic rings. The molecule has 4 atom stereocenters. The van der Waals surface area contributed by atoms with Crippen molar-refractivity contribution in [3.05, 3.63) is 47.5 Å². The molecule has 4 aromatic rings. The first kappa shape index (κ1) is 32.9. The van der Waals surface area contributed by atoms with Gasteiger partial charge >= 0.3 is 6.18 Å². The molecule has 3 aromatic carbocycles. The molecule has 1 amide bonds. The van der Waals surface area contributed by atoms with Gasteiger partial charge in [0.2, 0.25) is 0 Å². The summed E-state index contributed by atoms with van der Waals surface area (Å²) in [6.45, 7) is 2.84. The fourth-order valence-corrected chi connectivity index (χ4v) is 9.26. The van der Waals surface area contributed by atoms with Crippen molar-refractivity contribution in [2.24, 2.45) is 0 Å². The number of nitrogens with zero attached hydrogens (tertiary/aromatic N) is 4. The average molecular weight is 705 g/mol. The third-order valence-corrected chi connectivity index (χ3v) is 11.4. The molecule has 0 aliphatic carbocycles. The highest BCUT2D eigenvalue weighted by Gasteiger charge is 2.48. The quantitative estimate of drug-likeness (QED) is 0.129. The summed E-state index contributed by atoms with van der Waals surface area (Å²) >= 11 is 0.777. The van der Waals surface area contributed by atoms with Crippen LogP contribution in [-0.2, 0) is 11.0 Å². The van der Waals surface area contributed by atoms with Crippen LogP contribution in [0.1, 0.15) is 31.2 Å². The second-order valence-electron chi connectivity index (χ2n) is 13.0. The molecule has 3 aliphatic heterocycles. The van der Waals surface area contributed by atoms with E-state index < -0.39 is 34.8 Å². The van der Waals surface area contributed by atoms with Gasteiger partial charge in [0.1, 0.15) is 24.0 Å². The van der Waals surface area contributed by atoms with Crippen LogP contribution < -0.4 is 15.4 Å². The summed E-state index contributed by atoms with van der Waals surface area (Å²) in [5, 5.41) is 7.21. The Morgan fingerprint density at radius 2 is 2.02 bits per heavy atom. The van der Waals surface area contributed by atoms with Crippen molar-refractivity contribution in [2.45, 2.75) is 49.1 Å². The van der Waals surface area contributed by atoms with Crippen molar-refractivity contribution in [1.29, 1.82) is 5.41 Å². The SMILES string of the molecule is CN(c1cc(OCC23CCCN2CC(P)C3)cc2c(F)c(-c3ccc(F)c4sc(N)nc34)c(C(F)(F)F)cc12)C1CCN(C(=O)C=N)C1. The Bertz CT molecular complexity index is 1960. The van der Waals surface area contributed by atoms with Crippen molar-refractivity contribution in [2.75, 3.05) is 50.5 Å². The Balaban J connectivity index is 1.41. The van der Waals surface area contributed by atoms with E-state index in [0.29, 0.717) is 36.7 Å². The molecule has 3 N–H and O–H groups in total. The Morgan fingerprint density at radius 3 is 2.77 bits per heavy atom. The van der Waals surface area contributed by atoms with Gasteiger partial charge in [-0.25, -0.2) is 13.8 Å². The minimum absolute atomic E-state index is 0.0120. The van der Waals surface area contributed by atoms with Crippen molar-refractivity contribution in [3.8, 4) is 16.9 Å². The number of amides is 1. The Kier molecular flexibility index (Phi) is 8.27. The molecule has 3 saturated heterocycles. The summed E-state index contributed by atoms with van der Waals surface area (Å²) < 4.78 is 82.7. The van der Waals surface area contributed by atoms with Crippen molar-refractivity contribution < 1.29 is 31.5 Å². The lowest BCUT2D eigenvalue weighted by Gasteiger charge is -2.32. The molecule has 7 rings (SSSR count). The first-order chi connectivity index (χ1) is 22.8. The van der Waals surface area contributed by atoms with Gasteiger partial charge in [-0.1, -0.05) is 11.3 Å². The molecule has 254 valence electrons. The van der Waals surface area contributed by atoms with Gasteiger partial charge in [-0.3, -0.25) is 9.69 Å². The second-order valence-corrected chi connectivity index (χ2v) is 15.0. The van der Waals surface area contributed by atoms with Crippen LogP contribution in [0.4, 0.5) is 32.8 Å². The molecular weight excluding hydrogens is 670 g/mol. The van der Waals surface area contributed by atoms with Gasteiger partial charge in [0.15, 0.2) is 5.13 Å². The van der Waals surface area contributed by atoms with E-state index in [9.17, 15) is 22.4 Å². The first-order valence-electron chi connectivity index (χ1n) is 15.7. The van der Waals surface area contributed by atoms with Crippen molar-refractivity contribution in [3.63, 3.8) is 0 Å². The number of rotatable bonds is 7. The lowest BCUT2D eigenvalue weighted by molar-refractivity contribution is -0.137. The van der Waals surface area contributed by atoms with Gasteiger partial charge in [-0.15, -0.1) is 9.24 Å². The molecule has 1 aromatic heterocycles. The number of nitrogens with two attached hydrogens (primary N) is 1. The highest BCUT2D eigenvalue weighted by molar-refractivity contribution is 7.22. The number of hydrogen-bond acceptors (Lipinski definition) is 8. The van der Waals surface area contributed by atoms with Gasteiger partial charge in [-0.2, -0.15) is 13.2 Å². The van der Waals surface area contributed by atoms with E-state index in [0.717, 1.165) is 68.1 Å².